The van der Waals surface area contributed by atoms with Crippen LogP contribution in [0.25, 0.3) is 11.2 Å². The molecule has 2 aromatic heterocycles. The Labute approximate surface area is 173 Å². The number of hydrogen-bond donors (Lipinski definition) is 0. The van der Waals surface area contributed by atoms with Crippen molar-refractivity contribution >= 4 is 28.5 Å². The van der Waals surface area contributed by atoms with Gasteiger partial charge >= 0.3 is 5.69 Å². The van der Waals surface area contributed by atoms with E-state index < -0.39 is 0 Å². The zero-order valence-electron chi connectivity index (χ0n) is 16.9. The van der Waals surface area contributed by atoms with Crippen LogP contribution >= 0.6 is 11.6 Å². The molecule has 0 amide bonds. The van der Waals surface area contributed by atoms with Crippen molar-refractivity contribution in [2.75, 3.05) is 31.1 Å². The van der Waals surface area contributed by atoms with Gasteiger partial charge in [-0.3, -0.25) is 18.8 Å². The van der Waals surface area contributed by atoms with E-state index in [1.807, 2.05) is 22.8 Å². The van der Waals surface area contributed by atoms with Crippen LogP contribution in [-0.2, 0) is 20.6 Å². The molecule has 1 saturated heterocycles. The Bertz CT molecular complexity index is 1160. The van der Waals surface area contributed by atoms with Gasteiger partial charge in [0.15, 0.2) is 11.2 Å². The third-order valence-electron chi connectivity index (χ3n) is 5.81. The van der Waals surface area contributed by atoms with Crippen molar-refractivity contribution in [3.05, 3.63) is 56.5 Å². The van der Waals surface area contributed by atoms with Gasteiger partial charge in [-0.2, -0.15) is 0 Å². The van der Waals surface area contributed by atoms with E-state index in [0.717, 1.165) is 41.5 Å². The van der Waals surface area contributed by atoms with Crippen molar-refractivity contribution in [3.8, 4) is 0 Å². The molecule has 1 aliphatic rings. The molecule has 0 radical (unpaired) electrons. The molecule has 1 unspecified atom stereocenters. The van der Waals surface area contributed by atoms with Crippen LogP contribution in [0, 0.1) is 0 Å². The number of rotatable bonds is 4. The summed E-state index contributed by atoms with van der Waals surface area (Å²) in [4.78, 5) is 33.8. The van der Waals surface area contributed by atoms with Gasteiger partial charge in [-0.15, -0.1) is 0 Å². The topological polar surface area (TPSA) is 68.3 Å². The van der Waals surface area contributed by atoms with E-state index in [1.165, 1.54) is 11.6 Å². The summed E-state index contributed by atoms with van der Waals surface area (Å²) in [6, 6.07) is 8.15. The summed E-state index contributed by atoms with van der Waals surface area (Å²) < 4.78 is 4.41. The third kappa shape index (κ3) is 3.47. The van der Waals surface area contributed by atoms with Crippen LogP contribution < -0.4 is 16.1 Å². The van der Waals surface area contributed by atoms with Gasteiger partial charge in [0.1, 0.15) is 0 Å². The minimum absolute atomic E-state index is 0.225. The zero-order chi connectivity index (χ0) is 20.7. The molecule has 0 N–H and O–H groups in total. The van der Waals surface area contributed by atoms with Crippen molar-refractivity contribution in [2.24, 2.45) is 14.1 Å². The number of para-hydroxylation sites is 1. The van der Waals surface area contributed by atoms with Crippen LogP contribution in [0.1, 0.15) is 6.92 Å². The molecular formula is C20H25ClN6O2. The number of fused-ring (bicyclic) bond motifs is 1. The second kappa shape index (κ2) is 7.68. The second-order valence-corrected chi connectivity index (χ2v) is 8.01. The number of aromatic nitrogens is 4. The Kier molecular flexibility index (Phi) is 5.23. The molecule has 9 heteroatoms. The first-order valence-corrected chi connectivity index (χ1v) is 10.1. The van der Waals surface area contributed by atoms with E-state index in [4.69, 9.17) is 11.6 Å². The smallest absolute Gasteiger partial charge is 0.332 e. The summed E-state index contributed by atoms with van der Waals surface area (Å²) in [5.41, 5.74) is 1.30. The van der Waals surface area contributed by atoms with E-state index in [9.17, 15) is 9.59 Å². The minimum Gasteiger partial charge on any atom is -0.368 e. The van der Waals surface area contributed by atoms with Crippen LogP contribution in [0.15, 0.2) is 40.2 Å². The van der Waals surface area contributed by atoms with Gasteiger partial charge in [0.2, 0.25) is 0 Å². The fraction of sp³-hybridized carbons (Fsp3) is 0.450. The number of aryl methyl sites for hydroxylation is 1. The molecule has 1 fully saturated rings. The van der Waals surface area contributed by atoms with Gasteiger partial charge in [-0.25, -0.2) is 9.78 Å². The number of halogens is 1. The van der Waals surface area contributed by atoms with Crippen LogP contribution in [-0.4, -0.2) is 55.8 Å². The van der Waals surface area contributed by atoms with E-state index in [1.54, 1.807) is 13.4 Å². The average Bonchev–Trinajstić information content (AvgIpc) is 3.15. The summed E-state index contributed by atoms with van der Waals surface area (Å²) in [5, 5.41) is 0.778. The lowest BCUT2D eigenvalue weighted by Crippen LogP contribution is -2.50. The Morgan fingerprint density at radius 3 is 2.45 bits per heavy atom. The quantitative estimate of drug-likeness (QED) is 0.641. The Morgan fingerprint density at radius 1 is 1.07 bits per heavy atom. The van der Waals surface area contributed by atoms with Crippen molar-refractivity contribution in [1.82, 2.24) is 23.6 Å². The third-order valence-corrected chi connectivity index (χ3v) is 6.13. The molecule has 0 bridgehead atoms. The minimum atomic E-state index is -0.364. The highest BCUT2D eigenvalue weighted by Crippen LogP contribution is 2.26. The first-order chi connectivity index (χ1) is 13.9. The molecule has 1 aromatic carbocycles. The molecule has 3 aromatic rings. The van der Waals surface area contributed by atoms with Gasteiger partial charge in [0.25, 0.3) is 5.56 Å². The molecule has 154 valence electrons. The molecule has 29 heavy (non-hydrogen) atoms. The normalized spacial score (nSPS) is 16.5. The monoisotopic (exact) mass is 416 g/mol. The maximum atomic E-state index is 12.6. The maximum Gasteiger partial charge on any atom is 0.332 e. The predicted octanol–water partition coefficient (Wildman–Crippen LogP) is 1.30. The van der Waals surface area contributed by atoms with Gasteiger partial charge in [0.05, 0.1) is 17.0 Å². The number of piperazine rings is 1. The van der Waals surface area contributed by atoms with Crippen molar-refractivity contribution in [1.29, 1.82) is 0 Å². The maximum absolute atomic E-state index is 12.6. The Hall–Kier alpha value is -2.58. The summed E-state index contributed by atoms with van der Waals surface area (Å²) in [5.74, 6) is 0. The van der Waals surface area contributed by atoms with Gasteiger partial charge < -0.3 is 9.47 Å². The van der Waals surface area contributed by atoms with E-state index in [0.29, 0.717) is 17.7 Å². The molecule has 0 saturated carbocycles. The van der Waals surface area contributed by atoms with Crippen LogP contribution in [0.5, 0.6) is 0 Å². The summed E-state index contributed by atoms with van der Waals surface area (Å²) in [6.45, 7) is 6.41. The van der Waals surface area contributed by atoms with Gasteiger partial charge in [-0.1, -0.05) is 23.7 Å². The molecule has 0 spiro atoms. The second-order valence-electron chi connectivity index (χ2n) is 7.60. The zero-order valence-corrected chi connectivity index (χ0v) is 17.6. The summed E-state index contributed by atoms with van der Waals surface area (Å²) in [7, 11) is 3.14. The molecule has 4 rings (SSSR count). The Balaban J connectivity index is 1.50. The highest BCUT2D eigenvalue weighted by atomic mass is 35.5. The number of benzene rings is 1. The number of hydrogen-bond acceptors (Lipinski definition) is 5. The average molecular weight is 417 g/mol. The van der Waals surface area contributed by atoms with E-state index in [-0.39, 0.29) is 17.3 Å². The first kappa shape index (κ1) is 19.7. The fourth-order valence-electron chi connectivity index (χ4n) is 4.05. The van der Waals surface area contributed by atoms with E-state index in [2.05, 4.69) is 27.8 Å². The highest BCUT2D eigenvalue weighted by Gasteiger charge is 2.24. The van der Waals surface area contributed by atoms with Gasteiger partial charge in [0, 0.05) is 52.9 Å². The number of anilines is 1. The molecule has 0 aliphatic carbocycles. The highest BCUT2D eigenvalue weighted by molar-refractivity contribution is 6.33. The van der Waals surface area contributed by atoms with Crippen molar-refractivity contribution in [2.45, 2.75) is 19.5 Å². The summed E-state index contributed by atoms with van der Waals surface area (Å²) >= 11 is 6.34. The van der Waals surface area contributed by atoms with E-state index >= 15 is 0 Å². The Morgan fingerprint density at radius 2 is 1.76 bits per heavy atom. The SMILES string of the molecule is CC(Cn1cnc2c1c(=O)n(C)c(=O)n2C)N1CCN(c2ccccc2Cl)CC1. The predicted molar refractivity (Wildman–Crippen MR) is 115 cm³/mol. The molecule has 8 nitrogen and oxygen atoms in total. The number of nitrogens with zero attached hydrogens (tertiary/aromatic N) is 6. The van der Waals surface area contributed by atoms with Crippen LogP contribution in [0.3, 0.4) is 0 Å². The molecule has 3 heterocycles. The van der Waals surface area contributed by atoms with Crippen LogP contribution in [0.2, 0.25) is 5.02 Å². The summed E-state index contributed by atoms with van der Waals surface area (Å²) in [6.07, 6.45) is 1.65. The molecule has 1 aliphatic heterocycles. The van der Waals surface area contributed by atoms with Gasteiger partial charge in [-0.05, 0) is 19.1 Å². The lowest BCUT2D eigenvalue weighted by Gasteiger charge is -2.39. The molecule has 1 atom stereocenters. The lowest BCUT2D eigenvalue weighted by atomic mass is 10.2. The first-order valence-electron chi connectivity index (χ1n) is 9.73. The largest absolute Gasteiger partial charge is 0.368 e. The number of imidazole rings is 1. The lowest BCUT2D eigenvalue weighted by molar-refractivity contribution is 0.181. The van der Waals surface area contributed by atoms with Crippen LogP contribution in [0.4, 0.5) is 5.69 Å². The van der Waals surface area contributed by atoms with Crippen molar-refractivity contribution < 1.29 is 0 Å². The fourth-order valence-corrected chi connectivity index (χ4v) is 4.30. The standard InChI is InChI=1S/C20H25ClN6O2/c1-14(25-8-10-26(11-9-25)16-7-5-4-6-15(16)21)12-27-13-22-18-17(27)19(28)24(3)20(29)23(18)2/h4-7,13-14H,8-12H2,1-3H3. The van der Waals surface area contributed by atoms with Crippen molar-refractivity contribution in [3.63, 3.8) is 0 Å². The molecular weight excluding hydrogens is 392 g/mol.